The Hall–Kier alpha value is -1.19. The van der Waals surface area contributed by atoms with Gasteiger partial charge in [0.15, 0.2) is 0 Å². The van der Waals surface area contributed by atoms with Crippen molar-refractivity contribution in [3.63, 3.8) is 0 Å². The van der Waals surface area contributed by atoms with Crippen LogP contribution in [0.5, 0.6) is 0 Å². The normalized spacial score (nSPS) is 12.7. The van der Waals surface area contributed by atoms with Gasteiger partial charge in [-0.25, -0.2) is 4.79 Å². The van der Waals surface area contributed by atoms with Crippen molar-refractivity contribution in [2.45, 2.75) is 43.6 Å². The molecule has 0 fully saturated rings. The van der Waals surface area contributed by atoms with Gasteiger partial charge in [0.1, 0.15) is 0 Å². The first-order valence-electron chi connectivity index (χ1n) is 10.1. The van der Waals surface area contributed by atoms with Crippen molar-refractivity contribution in [2.24, 2.45) is 0 Å². The third-order valence-electron chi connectivity index (χ3n) is 5.22. The topological polar surface area (TPSA) is 81.7 Å². The summed E-state index contributed by atoms with van der Waals surface area (Å²) in [5.74, 6) is -2.90. The van der Waals surface area contributed by atoms with Crippen LogP contribution >= 0.6 is 0 Å². The van der Waals surface area contributed by atoms with E-state index in [1.807, 2.05) is 0 Å². The zero-order chi connectivity index (χ0) is 23.4. The van der Waals surface area contributed by atoms with E-state index in [0.717, 1.165) is 0 Å². The van der Waals surface area contributed by atoms with E-state index >= 15 is 4.39 Å². The Kier molecular flexibility index (Phi) is 12.0. The van der Waals surface area contributed by atoms with Crippen molar-refractivity contribution in [2.75, 3.05) is 42.7 Å². The minimum absolute atomic E-state index is 0.0299. The van der Waals surface area contributed by atoms with E-state index in [9.17, 15) is 4.79 Å². The molecule has 1 aromatic carbocycles. The van der Waals surface area contributed by atoms with Gasteiger partial charge < -0.3 is 31.3 Å². The zero-order valence-corrected chi connectivity index (χ0v) is 21.3. The van der Waals surface area contributed by atoms with Crippen LogP contribution in [0.3, 0.4) is 0 Å². The highest BCUT2D eigenvalue weighted by Crippen LogP contribution is 2.32. The maximum absolute atomic E-state index is 15.8. The molecule has 178 valence electrons. The summed E-state index contributed by atoms with van der Waals surface area (Å²) in [6, 6.07) is 9.11. The molecule has 31 heavy (non-hydrogen) atoms. The van der Waals surface area contributed by atoms with Crippen LogP contribution in [0.25, 0.3) is 0 Å². The molecule has 1 rings (SSSR count). The molecule has 0 heterocycles. The predicted molar refractivity (Wildman–Crippen MR) is 117 cm³/mol. The Morgan fingerprint density at radius 2 is 1.16 bits per heavy atom. The minimum Gasteiger partial charge on any atom is -0.425 e. The molecule has 0 saturated carbocycles. The molecule has 0 spiro atoms. The van der Waals surface area contributed by atoms with Crippen LogP contribution in [0, 0.1) is 0 Å². The lowest BCUT2D eigenvalue weighted by atomic mass is 10.1. The quantitative estimate of drug-likeness (QED) is 0.262. The van der Waals surface area contributed by atoms with Crippen molar-refractivity contribution in [1.29, 1.82) is 0 Å². The maximum atomic E-state index is 15.8. The van der Waals surface area contributed by atoms with Gasteiger partial charge in [0, 0.05) is 67.6 Å². The van der Waals surface area contributed by atoms with Crippen LogP contribution in [0.2, 0.25) is 12.1 Å². The lowest BCUT2D eigenvalue weighted by molar-refractivity contribution is -0.115. The summed E-state index contributed by atoms with van der Waals surface area (Å²) in [4.78, 5) is 12.5. The third kappa shape index (κ3) is 8.35. The summed E-state index contributed by atoms with van der Waals surface area (Å²) in [7, 11) is 3.29. The molecule has 0 aliphatic carbocycles. The fourth-order valence-corrected chi connectivity index (χ4v) is 6.72. The summed E-state index contributed by atoms with van der Waals surface area (Å²) in [5, 5.41) is 0. The highest BCUT2D eigenvalue weighted by molar-refractivity contribution is 6.60. The smallest absolute Gasteiger partial charge is 0.425 e. The summed E-state index contributed by atoms with van der Waals surface area (Å²) in [6.07, 6.45) is 0.638. The Morgan fingerprint density at radius 3 is 1.52 bits per heavy atom. The Balaban J connectivity index is 2.88. The van der Waals surface area contributed by atoms with Gasteiger partial charge in [0.2, 0.25) is 0 Å². The zero-order valence-electron chi connectivity index (χ0n) is 19.3. The second-order valence-corrected chi connectivity index (χ2v) is 13.1. The van der Waals surface area contributed by atoms with Gasteiger partial charge in [-0.05, 0) is 25.0 Å². The molecular weight excluding hydrogens is 443 g/mol. The lowest BCUT2D eigenvalue weighted by Crippen LogP contribution is -2.43. The van der Waals surface area contributed by atoms with Gasteiger partial charge in [-0.15, -0.1) is 0 Å². The molecule has 1 aromatic rings. The minimum atomic E-state index is -2.86. The highest BCUT2D eigenvalue weighted by Gasteiger charge is 2.42. The second kappa shape index (κ2) is 13.4. The van der Waals surface area contributed by atoms with E-state index in [4.69, 9.17) is 31.3 Å². The van der Waals surface area contributed by atoms with Crippen molar-refractivity contribution < 1.29 is 40.5 Å². The predicted octanol–water partition coefficient (Wildman–Crippen LogP) is 3.83. The van der Waals surface area contributed by atoms with Crippen LogP contribution < -0.4 is 0 Å². The fourth-order valence-electron chi connectivity index (χ4n) is 3.28. The van der Waals surface area contributed by atoms with Crippen LogP contribution in [-0.4, -0.2) is 72.1 Å². The molecule has 0 aliphatic rings. The number of alkyl halides is 1. The van der Waals surface area contributed by atoms with Gasteiger partial charge in [0.05, 0.1) is 5.56 Å². The summed E-state index contributed by atoms with van der Waals surface area (Å²) >= 11 is 0. The first-order valence-corrected chi connectivity index (χ1v) is 13.9. The molecule has 0 unspecified atom stereocenters. The first kappa shape index (κ1) is 27.8. The second-order valence-electron chi connectivity index (χ2n) is 6.94. The number of carbonyl (C=O) groups excluding carboxylic acids is 1. The number of carbonyl (C=O) groups is 1. The van der Waals surface area contributed by atoms with Crippen LogP contribution in [0.15, 0.2) is 30.3 Å². The molecule has 0 atom stereocenters. The van der Waals surface area contributed by atoms with Crippen LogP contribution in [0.4, 0.5) is 4.39 Å². The van der Waals surface area contributed by atoms with Gasteiger partial charge >= 0.3 is 23.6 Å². The number of benzene rings is 1. The van der Waals surface area contributed by atoms with E-state index in [1.165, 1.54) is 42.7 Å². The van der Waals surface area contributed by atoms with E-state index < -0.39 is 29.4 Å². The van der Waals surface area contributed by atoms with Crippen molar-refractivity contribution in [1.82, 2.24) is 0 Å². The summed E-state index contributed by atoms with van der Waals surface area (Å²) in [6.45, 7) is 0. The molecule has 0 N–H and O–H groups in total. The number of esters is 1. The molecule has 0 aromatic heterocycles. The Labute approximate surface area is 186 Å². The summed E-state index contributed by atoms with van der Waals surface area (Å²) in [5.41, 5.74) is 0.285. The number of ether oxygens (including phenoxy) is 1. The molecule has 11 heteroatoms. The Bertz CT molecular complexity index is 599. The average Bonchev–Trinajstić information content (AvgIpc) is 2.81. The maximum Gasteiger partial charge on any atom is 0.500 e. The molecule has 0 bridgehead atoms. The molecule has 8 nitrogen and oxygen atoms in total. The molecule has 0 aliphatic heterocycles. The highest BCUT2D eigenvalue weighted by atomic mass is 28.4. The van der Waals surface area contributed by atoms with E-state index in [-0.39, 0.29) is 18.4 Å². The molecular formula is C20H35FO8Si2. The van der Waals surface area contributed by atoms with Gasteiger partial charge in [-0.3, -0.25) is 0 Å². The SMILES string of the molecule is CO[Si](CCCC(F)(CCC[Si](OC)(OC)OC)OC(=O)c1ccccc1)(OC)OC. The fraction of sp³-hybridized carbons (Fsp3) is 0.650. The monoisotopic (exact) mass is 478 g/mol. The molecule has 0 saturated heterocycles. The number of hydrogen-bond acceptors (Lipinski definition) is 8. The molecule has 0 amide bonds. The third-order valence-corrected chi connectivity index (χ3v) is 10.9. The van der Waals surface area contributed by atoms with Gasteiger partial charge in [-0.1, -0.05) is 18.2 Å². The number of hydrogen-bond donors (Lipinski definition) is 0. The van der Waals surface area contributed by atoms with Gasteiger partial charge in [0.25, 0.3) is 5.85 Å². The number of rotatable bonds is 16. The van der Waals surface area contributed by atoms with Crippen molar-refractivity contribution in [3.8, 4) is 0 Å². The van der Waals surface area contributed by atoms with Crippen molar-refractivity contribution >= 4 is 23.6 Å². The number of halogens is 1. The Morgan fingerprint density at radius 1 is 0.774 bits per heavy atom. The lowest BCUT2D eigenvalue weighted by Gasteiger charge is -2.29. The van der Waals surface area contributed by atoms with E-state index in [1.54, 1.807) is 30.3 Å². The van der Waals surface area contributed by atoms with E-state index in [2.05, 4.69) is 0 Å². The summed E-state index contributed by atoms with van der Waals surface area (Å²) < 4.78 is 53.5. The largest absolute Gasteiger partial charge is 0.500 e. The van der Waals surface area contributed by atoms with Gasteiger partial charge in [-0.2, -0.15) is 4.39 Å². The van der Waals surface area contributed by atoms with Crippen LogP contribution in [0.1, 0.15) is 36.0 Å². The first-order chi connectivity index (χ1) is 14.8. The van der Waals surface area contributed by atoms with Crippen molar-refractivity contribution in [3.05, 3.63) is 35.9 Å². The standard InChI is InChI=1S/C20H35FO8Si2/c1-23-30(24-2,25-3)16-10-14-20(21,15-11-17-31(26-4,27-5)28-6)29-19(22)18-12-8-7-9-13-18/h7-9,12-13H,10-11,14-17H2,1-6H3. The van der Waals surface area contributed by atoms with E-state index in [0.29, 0.717) is 24.9 Å². The van der Waals surface area contributed by atoms with Crippen LogP contribution in [-0.2, 0) is 31.3 Å². The molecule has 0 radical (unpaired) electrons. The average molecular weight is 479 g/mol.